The largest absolute Gasteiger partial charge is 0.459 e. The van der Waals surface area contributed by atoms with E-state index in [4.69, 9.17) is 14.5 Å². The van der Waals surface area contributed by atoms with Gasteiger partial charge in [-0.3, -0.25) is 0 Å². The second kappa shape index (κ2) is 14.1. The molecule has 0 spiro atoms. The third-order valence-corrected chi connectivity index (χ3v) is 9.05. The number of rotatable bonds is 10. The highest BCUT2D eigenvalue weighted by Gasteiger charge is 2.22. The zero-order valence-electron chi connectivity index (χ0n) is 24.1. The normalized spacial score (nSPS) is 23.9. The van der Waals surface area contributed by atoms with Crippen LogP contribution in [0.1, 0.15) is 116 Å². The maximum absolute atomic E-state index is 12.9. The van der Waals surface area contributed by atoms with Crippen molar-refractivity contribution < 1.29 is 19.3 Å². The fourth-order valence-electron chi connectivity index (χ4n) is 6.23. The summed E-state index contributed by atoms with van der Waals surface area (Å²) in [5.41, 5.74) is 5.27. The van der Waals surface area contributed by atoms with Gasteiger partial charge in [0.05, 0.1) is 5.56 Å². The average molecular weight is 541 g/mol. The lowest BCUT2D eigenvalue weighted by molar-refractivity contribution is -0.340. The number of hydrogen-bond acceptors (Lipinski definition) is 4. The predicted molar refractivity (Wildman–Crippen MR) is 159 cm³/mol. The molecule has 5 rings (SSSR count). The summed E-state index contributed by atoms with van der Waals surface area (Å²) in [6.45, 7) is 5.10. The van der Waals surface area contributed by atoms with Crippen molar-refractivity contribution in [1.29, 1.82) is 0 Å². The molecule has 0 aromatic heterocycles. The maximum atomic E-state index is 12.9. The number of hydrogen-bond donors (Lipinski definition) is 0. The standard InChI is InChI=1S/C36H44O4/c1-26-8-14-29(15-9-26)31-18-12-28(13-19-31)24-39-40-35(33-6-4-3-5-7-33)25-38-36(37)34-22-20-32(21-23-34)30-16-10-27(2)11-17-30/h3-7,12-13,18-23,26-27,29-30,35H,8-11,14-17,24-25H2,1-2H3. The second-order valence-corrected chi connectivity index (χ2v) is 12.1. The van der Waals surface area contributed by atoms with Crippen LogP contribution in [0.4, 0.5) is 0 Å². The Morgan fingerprint density at radius 2 is 1.23 bits per heavy atom. The molecule has 40 heavy (non-hydrogen) atoms. The molecular weight excluding hydrogens is 496 g/mol. The van der Waals surface area contributed by atoms with E-state index in [9.17, 15) is 4.79 Å². The minimum atomic E-state index is -0.517. The first-order chi connectivity index (χ1) is 19.5. The minimum absolute atomic E-state index is 0.0736. The number of carbonyl (C=O) groups is 1. The molecule has 212 valence electrons. The van der Waals surface area contributed by atoms with Crippen LogP contribution < -0.4 is 0 Å². The van der Waals surface area contributed by atoms with Crippen molar-refractivity contribution in [3.8, 4) is 0 Å². The molecule has 2 saturated carbocycles. The SMILES string of the molecule is CC1CCC(c2ccc(COOC(COC(=O)c3ccc(C4CCC(C)CC4)cc3)c3ccccc3)cc2)CC1. The molecule has 0 amide bonds. The summed E-state index contributed by atoms with van der Waals surface area (Å²) in [5.74, 6) is 2.60. The third kappa shape index (κ3) is 7.83. The first-order valence-electron chi connectivity index (χ1n) is 15.2. The van der Waals surface area contributed by atoms with Gasteiger partial charge in [0.2, 0.25) is 0 Å². The van der Waals surface area contributed by atoms with Gasteiger partial charge in [-0.05, 0) is 83.7 Å². The van der Waals surface area contributed by atoms with E-state index < -0.39 is 6.10 Å². The smallest absolute Gasteiger partial charge is 0.338 e. The Hall–Kier alpha value is -2.95. The van der Waals surface area contributed by atoms with Gasteiger partial charge in [-0.15, -0.1) is 0 Å². The van der Waals surface area contributed by atoms with Crippen LogP contribution in [0.25, 0.3) is 0 Å². The van der Waals surface area contributed by atoms with Gasteiger partial charge in [-0.2, -0.15) is 0 Å². The molecule has 2 fully saturated rings. The highest BCUT2D eigenvalue weighted by atomic mass is 17.2. The van der Waals surface area contributed by atoms with Gasteiger partial charge in [-0.25, -0.2) is 14.6 Å². The summed E-state index contributed by atoms with van der Waals surface area (Å²) in [6.07, 6.45) is 9.70. The Kier molecular flexibility index (Phi) is 10.1. The molecule has 0 bridgehead atoms. The van der Waals surface area contributed by atoms with Crippen molar-refractivity contribution in [3.63, 3.8) is 0 Å². The molecule has 4 nitrogen and oxygen atoms in total. The maximum Gasteiger partial charge on any atom is 0.338 e. The Balaban J connectivity index is 1.13. The minimum Gasteiger partial charge on any atom is -0.459 e. The van der Waals surface area contributed by atoms with Gasteiger partial charge in [0, 0.05) is 0 Å². The quantitative estimate of drug-likeness (QED) is 0.146. The molecule has 3 aromatic carbocycles. The monoisotopic (exact) mass is 540 g/mol. The molecule has 0 saturated heterocycles. The van der Waals surface area contributed by atoms with Crippen LogP contribution in [0, 0.1) is 11.8 Å². The van der Waals surface area contributed by atoms with Crippen LogP contribution in [-0.2, 0) is 21.1 Å². The first-order valence-corrected chi connectivity index (χ1v) is 15.2. The van der Waals surface area contributed by atoms with E-state index in [0.29, 0.717) is 24.0 Å². The highest BCUT2D eigenvalue weighted by molar-refractivity contribution is 5.89. The van der Waals surface area contributed by atoms with Crippen LogP contribution >= 0.6 is 0 Å². The topological polar surface area (TPSA) is 44.8 Å². The van der Waals surface area contributed by atoms with E-state index in [1.165, 1.54) is 62.5 Å². The fourth-order valence-corrected chi connectivity index (χ4v) is 6.23. The molecule has 1 atom stereocenters. The number of esters is 1. The molecule has 0 N–H and O–H groups in total. The van der Waals surface area contributed by atoms with Crippen LogP contribution in [-0.4, -0.2) is 12.6 Å². The van der Waals surface area contributed by atoms with Gasteiger partial charge in [0.1, 0.15) is 13.2 Å². The Labute approximate surface area is 240 Å². The molecule has 2 aliphatic carbocycles. The van der Waals surface area contributed by atoms with Crippen molar-refractivity contribution in [2.24, 2.45) is 11.8 Å². The predicted octanol–water partition coefficient (Wildman–Crippen LogP) is 9.32. The van der Waals surface area contributed by atoms with Gasteiger partial charge in [0.15, 0.2) is 6.10 Å². The molecule has 0 heterocycles. The Morgan fingerprint density at radius 3 is 1.77 bits per heavy atom. The van der Waals surface area contributed by atoms with Crippen molar-refractivity contribution in [3.05, 3.63) is 107 Å². The average Bonchev–Trinajstić information content (AvgIpc) is 3.00. The molecule has 0 aliphatic heterocycles. The lowest BCUT2D eigenvalue weighted by atomic mass is 9.79. The summed E-state index contributed by atoms with van der Waals surface area (Å²) in [7, 11) is 0. The zero-order chi connectivity index (χ0) is 27.7. The van der Waals surface area contributed by atoms with E-state index >= 15 is 0 Å². The van der Waals surface area contributed by atoms with Crippen molar-refractivity contribution in [2.45, 2.75) is 89.8 Å². The summed E-state index contributed by atoms with van der Waals surface area (Å²) < 4.78 is 5.69. The van der Waals surface area contributed by atoms with Crippen LogP contribution in [0.2, 0.25) is 0 Å². The zero-order valence-corrected chi connectivity index (χ0v) is 24.1. The van der Waals surface area contributed by atoms with E-state index in [0.717, 1.165) is 23.0 Å². The molecule has 1 unspecified atom stereocenters. The van der Waals surface area contributed by atoms with Crippen LogP contribution in [0.5, 0.6) is 0 Å². The number of benzene rings is 3. The Bertz CT molecular complexity index is 1170. The second-order valence-electron chi connectivity index (χ2n) is 12.1. The summed E-state index contributed by atoms with van der Waals surface area (Å²) in [6, 6.07) is 26.5. The van der Waals surface area contributed by atoms with Gasteiger partial charge >= 0.3 is 5.97 Å². The van der Waals surface area contributed by atoms with E-state index in [2.05, 4.69) is 50.2 Å². The molecular formula is C36H44O4. The lowest BCUT2D eigenvalue weighted by Crippen LogP contribution is -2.16. The fraction of sp³-hybridized carbons (Fsp3) is 0.472. The molecule has 4 heteroatoms. The van der Waals surface area contributed by atoms with Crippen molar-refractivity contribution in [1.82, 2.24) is 0 Å². The highest BCUT2D eigenvalue weighted by Crippen LogP contribution is 2.36. The van der Waals surface area contributed by atoms with E-state index in [1.807, 2.05) is 42.5 Å². The van der Waals surface area contributed by atoms with Gasteiger partial charge in [-0.1, -0.05) is 106 Å². The summed E-state index contributed by atoms with van der Waals surface area (Å²) in [4.78, 5) is 24.3. The van der Waals surface area contributed by atoms with Crippen molar-refractivity contribution >= 4 is 5.97 Å². The third-order valence-electron chi connectivity index (χ3n) is 9.05. The number of carbonyl (C=O) groups excluding carboxylic acids is 1. The van der Waals surface area contributed by atoms with Crippen LogP contribution in [0.3, 0.4) is 0 Å². The summed E-state index contributed by atoms with van der Waals surface area (Å²) >= 11 is 0. The van der Waals surface area contributed by atoms with E-state index in [-0.39, 0.29) is 12.6 Å². The van der Waals surface area contributed by atoms with E-state index in [1.54, 1.807) is 0 Å². The van der Waals surface area contributed by atoms with Crippen LogP contribution in [0.15, 0.2) is 78.9 Å². The van der Waals surface area contributed by atoms with Gasteiger partial charge < -0.3 is 4.74 Å². The Morgan fingerprint density at radius 1 is 0.700 bits per heavy atom. The number of ether oxygens (including phenoxy) is 1. The first kappa shape index (κ1) is 28.6. The van der Waals surface area contributed by atoms with Gasteiger partial charge in [0.25, 0.3) is 0 Å². The van der Waals surface area contributed by atoms with Crippen molar-refractivity contribution in [2.75, 3.05) is 6.61 Å². The lowest BCUT2D eigenvalue weighted by Gasteiger charge is -2.26. The molecule has 3 aromatic rings. The molecule has 0 radical (unpaired) electrons. The molecule has 2 aliphatic rings. The summed E-state index contributed by atoms with van der Waals surface area (Å²) in [5, 5.41) is 0.